The second-order valence-electron chi connectivity index (χ2n) is 4.82. The average Bonchev–Trinajstić information content (AvgIpc) is 2.33. The first-order valence-corrected chi connectivity index (χ1v) is 6.26. The molecule has 0 aliphatic heterocycles. The highest BCUT2D eigenvalue weighted by Crippen LogP contribution is 2.26. The van der Waals surface area contributed by atoms with Crippen LogP contribution >= 0.6 is 0 Å². The van der Waals surface area contributed by atoms with E-state index < -0.39 is 17.7 Å². The molecule has 100 valence electrons. The lowest BCUT2D eigenvalue weighted by molar-refractivity contribution is 0.544. The molecule has 0 fully saturated rings. The van der Waals surface area contributed by atoms with Crippen LogP contribution in [0.25, 0.3) is 0 Å². The molecule has 2 aromatic carbocycles. The number of hydrogen-bond donors (Lipinski definition) is 1. The van der Waals surface area contributed by atoms with E-state index in [2.05, 4.69) is 5.32 Å². The predicted molar refractivity (Wildman–Crippen MR) is 74.3 cm³/mol. The topological polar surface area (TPSA) is 12.0 Å². The van der Waals surface area contributed by atoms with Crippen molar-refractivity contribution in [3.8, 4) is 0 Å². The molecule has 0 spiro atoms. The predicted octanol–water partition coefficient (Wildman–Crippen LogP) is 4.75. The van der Waals surface area contributed by atoms with Gasteiger partial charge < -0.3 is 5.32 Å². The number of rotatable bonds is 3. The molecule has 0 radical (unpaired) electrons. The molecule has 0 aliphatic carbocycles. The van der Waals surface area contributed by atoms with Gasteiger partial charge >= 0.3 is 0 Å². The Kier molecular flexibility index (Phi) is 3.84. The fraction of sp³-hybridized carbons (Fsp3) is 0.250. The number of aryl methyl sites for hydroxylation is 2. The maximum Gasteiger partial charge on any atom is 0.131 e. The van der Waals surface area contributed by atoms with Crippen LogP contribution in [0.2, 0.25) is 0 Å². The van der Waals surface area contributed by atoms with Gasteiger partial charge in [0.2, 0.25) is 0 Å². The van der Waals surface area contributed by atoms with Crippen molar-refractivity contribution < 1.29 is 8.78 Å². The van der Waals surface area contributed by atoms with Crippen molar-refractivity contribution in [3.05, 3.63) is 64.7 Å². The van der Waals surface area contributed by atoms with Crippen molar-refractivity contribution in [1.29, 1.82) is 0 Å². The monoisotopic (exact) mass is 261 g/mol. The summed E-state index contributed by atoms with van der Waals surface area (Å²) < 4.78 is 27.4. The molecule has 19 heavy (non-hydrogen) atoms. The summed E-state index contributed by atoms with van der Waals surface area (Å²) in [5.41, 5.74) is 3.13. The molecule has 1 atom stereocenters. The lowest BCUT2D eigenvalue weighted by Crippen LogP contribution is -2.11. The fourth-order valence-electron chi connectivity index (χ4n) is 2.12. The number of nitrogens with one attached hydrogen (secondary N) is 1. The minimum Gasteiger partial charge on any atom is -0.378 e. The minimum atomic E-state index is -0.523. The summed E-state index contributed by atoms with van der Waals surface area (Å²) in [7, 11) is 0. The Hall–Kier alpha value is -1.90. The van der Waals surface area contributed by atoms with Crippen molar-refractivity contribution in [2.75, 3.05) is 5.32 Å². The van der Waals surface area contributed by atoms with E-state index in [0.717, 1.165) is 16.8 Å². The molecular weight excluding hydrogens is 244 g/mol. The van der Waals surface area contributed by atoms with Crippen molar-refractivity contribution in [1.82, 2.24) is 0 Å². The number of hydrogen-bond acceptors (Lipinski definition) is 1. The van der Waals surface area contributed by atoms with Crippen LogP contribution in [0.1, 0.15) is 29.7 Å². The highest BCUT2D eigenvalue weighted by atomic mass is 19.1. The molecule has 2 rings (SSSR count). The Morgan fingerprint density at radius 2 is 1.63 bits per heavy atom. The Morgan fingerprint density at radius 3 is 2.26 bits per heavy atom. The Morgan fingerprint density at radius 1 is 1.00 bits per heavy atom. The van der Waals surface area contributed by atoms with E-state index in [1.54, 1.807) is 6.92 Å². The molecule has 0 bridgehead atoms. The molecule has 3 heteroatoms. The van der Waals surface area contributed by atoms with E-state index in [-0.39, 0.29) is 5.56 Å². The lowest BCUT2D eigenvalue weighted by Gasteiger charge is -2.19. The summed E-state index contributed by atoms with van der Waals surface area (Å²) in [6.45, 7) is 5.70. The Bertz CT molecular complexity index is 573. The van der Waals surface area contributed by atoms with Crippen molar-refractivity contribution in [2.45, 2.75) is 26.8 Å². The second kappa shape index (κ2) is 5.39. The van der Waals surface area contributed by atoms with Crippen LogP contribution in [-0.4, -0.2) is 0 Å². The average molecular weight is 261 g/mol. The van der Waals surface area contributed by atoms with Crippen LogP contribution in [0.15, 0.2) is 36.4 Å². The highest BCUT2D eigenvalue weighted by molar-refractivity contribution is 5.54. The van der Waals surface area contributed by atoms with Gasteiger partial charge in [-0.05, 0) is 50.1 Å². The van der Waals surface area contributed by atoms with E-state index in [0.29, 0.717) is 0 Å². The number of benzene rings is 2. The maximum absolute atomic E-state index is 13.7. The maximum atomic E-state index is 13.7. The highest BCUT2D eigenvalue weighted by Gasteiger charge is 2.16. The van der Waals surface area contributed by atoms with Crippen LogP contribution in [0.4, 0.5) is 14.5 Å². The molecule has 2 aromatic rings. The molecule has 1 unspecified atom stereocenters. The van der Waals surface area contributed by atoms with Gasteiger partial charge in [-0.3, -0.25) is 0 Å². The SMILES string of the molecule is Cc1ccc(C)c(NC(C)c2c(F)cccc2F)c1. The molecule has 0 saturated carbocycles. The van der Waals surface area contributed by atoms with Gasteiger partial charge in [0.1, 0.15) is 11.6 Å². The molecule has 0 saturated heterocycles. The third-order valence-corrected chi connectivity index (χ3v) is 3.20. The first-order chi connectivity index (χ1) is 8.99. The van der Waals surface area contributed by atoms with Crippen molar-refractivity contribution in [2.24, 2.45) is 0 Å². The van der Waals surface area contributed by atoms with Gasteiger partial charge in [0.05, 0.1) is 6.04 Å². The van der Waals surface area contributed by atoms with Gasteiger partial charge in [-0.1, -0.05) is 18.2 Å². The molecule has 0 amide bonds. The quantitative estimate of drug-likeness (QED) is 0.840. The second-order valence-corrected chi connectivity index (χ2v) is 4.82. The Balaban J connectivity index is 2.31. The Labute approximate surface area is 112 Å². The summed E-state index contributed by atoms with van der Waals surface area (Å²) in [4.78, 5) is 0. The fourth-order valence-corrected chi connectivity index (χ4v) is 2.12. The van der Waals surface area contributed by atoms with Crippen LogP contribution in [0.5, 0.6) is 0 Å². The molecule has 0 heterocycles. The number of halogens is 2. The largest absolute Gasteiger partial charge is 0.378 e. The summed E-state index contributed by atoms with van der Waals surface area (Å²) in [5.74, 6) is -1.05. The van der Waals surface area contributed by atoms with Crippen LogP contribution in [0, 0.1) is 25.5 Å². The third-order valence-electron chi connectivity index (χ3n) is 3.20. The van der Waals surface area contributed by atoms with Crippen LogP contribution < -0.4 is 5.32 Å². The summed E-state index contributed by atoms with van der Waals surface area (Å²) in [6, 6.07) is 9.47. The third kappa shape index (κ3) is 2.92. The van der Waals surface area contributed by atoms with Gasteiger partial charge in [-0.25, -0.2) is 8.78 Å². The molecule has 0 aromatic heterocycles. The zero-order chi connectivity index (χ0) is 14.0. The van der Waals surface area contributed by atoms with E-state index in [1.165, 1.54) is 18.2 Å². The zero-order valence-corrected chi connectivity index (χ0v) is 11.3. The van der Waals surface area contributed by atoms with Gasteiger partial charge in [0.25, 0.3) is 0 Å². The van der Waals surface area contributed by atoms with Crippen molar-refractivity contribution in [3.63, 3.8) is 0 Å². The minimum absolute atomic E-state index is 0.0726. The summed E-state index contributed by atoms with van der Waals surface area (Å²) in [5, 5.41) is 3.17. The van der Waals surface area contributed by atoms with Gasteiger partial charge in [0.15, 0.2) is 0 Å². The molecule has 0 aliphatic rings. The lowest BCUT2D eigenvalue weighted by atomic mass is 10.0. The van der Waals surface area contributed by atoms with E-state index in [9.17, 15) is 8.78 Å². The number of anilines is 1. The van der Waals surface area contributed by atoms with Gasteiger partial charge in [-0.2, -0.15) is 0 Å². The normalized spacial score (nSPS) is 12.3. The van der Waals surface area contributed by atoms with Gasteiger partial charge in [-0.15, -0.1) is 0 Å². The molecular formula is C16H17F2N. The van der Waals surface area contributed by atoms with E-state index >= 15 is 0 Å². The van der Waals surface area contributed by atoms with E-state index in [4.69, 9.17) is 0 Å². The van der Waals surface area contributed by atoms with Crippen LogP contribution in [0.3, 0.4) is 0 Å². The van der Waals surface area contributed by atoms with Crippen LogP contribution in [-0.2, 0) is 0 Å². The van der Waals surface area contributed by atoms with Crippen molar-refractivity contribution >= 4 is 5.69 Å². The zero-order valence-electron chi connectivity index (χ0n) is 11.3. The summed E-state index contributed by atoms with van der Waals surface area (Å²) in [6.07, 6.45) is 0. The molecule has 1 N–H and O–H groups in total. The first kappa shape index (κ1) is 13.5. The standard InChI is InChI=1S/C16H17F2N/c1-10-7-8-11(2)15(9-10)19-12(3)16-13(17)5-4-6-14(16)18/h4-9,12,19H,1-3H3. The molecule has 1 nitrogen and oxygen atoms in total. The smallest absolute Gasteiger partial charge is 0.131 e. The summed E-state index contributed by atoms with van der Waals surface area (Å²) >= 11 is 0. The van der Waals surface area contributed by atoms with Gasteiger partial charge in [0, 0.05) is 11.3 Å². The first-order valence-electron chi connectivity index (χ1n) is 6.26. The van der Waals surface area contributed by atoms with E-state index in [1.807, 2.05) is 32.0 Å².